The number of anilines is 1. The van der Waals surface area contributed by atoms with Gasteiger partial charge in [0.1, 0.15) is 11.5 Å². The van der Waals surface area contributed by atoms with Crippen LogP contribution in [-0.2, 0) is 13.0 Å². The summed E-state index contributed by atoms with van der Waals surface area (Å²) in [7, 11) is 6.34. The summed E-state index contributed by atoms with van der Waals surface area (Å²) in [5, 5.41) is 3.73. The fourth-order valence-electron chi connectivity index (χ4n) is 4.11. The van der Waals surface area contributed by atoms with Gasteiger partial charge in [-0.25, -0.2) is 4.79 Å². The Morgan fingerprint density at radius 3 is 2.21 bits per heavy atom. The first-order chi connectivity index (χ1) is 18.4. The van der Waals surface area contributed by atoms with Gasteiger partial charge in [0, 0.05) is 28.7 Å². The van der Waals surface area contributed by atoms with Gasteiger partial charge in [0.2, 0.25) is 0 Å². The van der Waals surface area contributed by atoms with E-state index in [0.717, 1.165) is 10.9 Å². The lowest BCUT2D eigenvalue weighted by atomic mass is 10.1. The van der Waals surface area contributed by atoms with Crippen LogP contribution in [0.15, 0.2) is 71.5 Å². The Morgan fingerprint density at radius 2 is 1.53 bits per heavy atom. The van der Waals surface area contributed by atoms with Crippen molar-refractivity contribution >= 4 is 22.6 Å². The van der Waals surface area contributed by atoms with Crippen LogP contribution in [0.5, 0.6) is 23.0 Å². The number of benzene rings is 3. The second kappa shape index (κ2) is 12.1. The molecule has 0 aliphatic rings. The molecule has 0 unspecified atom stereocenters. The molecule has 0 spiro atoms. The van der Waals surface area contributed by atoms with E-state index >= 15 is 0 Å². The molecule has 0 radical (unpaired) electrons. The summed E-state index contributed by atoms with van der Waals surface area (Å²) in [5.74, 6) is 2.60. The van der Waals surface area contributed by atoms with E-state index in [4.69, 9.17) is 18.9 Å². The summed E-state index contributed by atoms with van der Waals surface area (Å²) in [4.78, 5) is 30.8. The number of H-pyrrole nitrogens is 1. The minimum absolute atomic E-state index is 0.109. The predicted octanol–water partition coefficient (Wildman–Crippen LogP) is 4.84. The van der Waals surface area contributed by atoms with Crippen LogP contribution in [0.2, 0.25) is 0 Å². The maximum atomic E-state index is 13.4. The van der Waals surface area contributed by atoms with Gasteiger partial charge in [0.25, 0.3) is 5.56 Å². The molecular formula is C29H31N3O6. The highest BCUT2D eigenvalue weighted by molar-refractivity contribution is 5.89. The number of urea groups is 1. The summed E-state index contributed by atoms with van der Waals surface area (Å²) >= 11 is 0. The quantitative estimate of drug-likeness (QED) is 0.312. The van der Waals surface area contributed by atoms with Gasteiger partial charge in [-0.05, 0) is 72.6 Å². The van der Waals surface area contributed by atoms with Crippen LogP contribution in [-0.4, -0.2) is 50.9 Å². The van der Waals surface area contributed by atoms with Crippen molar-refractivity contribution in [2.75, 3.05) is 40.3 Å². The van der Waals surface area contributed by atoms with Gasteiger partial charge in [0.15, 0.2) is 11.5 Å². The van der Waals surface area contributed by atoms with E-state index in [1.54, 1.807) is 75.8 Å². The van der Waals surface area contributed by atoms with E-state index in [9.17, 15) is 9.59 Å². The average Bonchev–Trinajstić information content (AvgIpc) is 2.95. The summed E-state index contributed by atoms with van der Waals surface area (Å²) < 4.78 is 21.3. The number of fused-ring (bicyclic) bond motifs is 1. The van der Waals surface area contributed by atoms with E-state index in [0.29, 0.717) is 52.7 Å². The number of hydrogen-bond donors (Lipinski definition) is 2. The zero-order chi connectivity index (χ0) is 27.1. The number of aromatic nitrogens is 1. The molecule has 198 valence electrons. The topological polar surface area (TPSA) is 102 Å². The summed E-state index contributed by atoms with van der Waals surface area (Å²) in [5.41, 5.74) is 2.48. The van der Waals surface area contributed by atoms with Crippen molar-refractivity contribution in [2.45, 2.75) is 13.0 Å². The Bertz CT molecular complexity index is 1470. The molecule has 0 atom stereocenters. The van der Waals surface area contributed by atoms with Gasteiger partial charge in [-0.15, -0.1) is 0 Å². The van der Waals surface area contributed by atoms with E-state index in [1.807, 2.05) is 24.3 Å². The molecule has 9 nitrogen and oxygen atoms in total. The zero-order valence-corrected chi connectivity index (χ0v) is 21.9. The van der Waals surface area contributed by atoms with Crippen molar-refractivity contribution < 1.29 is 23.7 Å². The third-order valence-corrected chi connectivity index (χ3v) is 6.24. The van der Waals surface area contributed by atoms with E-state index in [-0.39, 0.29) is 18.1 Å². The van der Waals surface area contributed by atoms with Crippen LogP contribution in [0.3, 0.4) is 0 Å². The Hall–Kier alpha value is -4.66. The van der Waals surface area contributed by atoms with Gasteiger partial charge in [-0.2, -0.15) is 0 Å². The lowest BCUT2D eigenvalue weighted by Crippen LogP contribution is -2.37. The Balaban J connectivity index is 1.60. The Kier molecular flexibility index (Phi) is 8.37. The largest absolute Gasteiger partial charge is 0.497 e. The maximum Gasteiger partial charge on any atom is 0.322 e. The van der Waals surface area contributed by atoms with Crippen molar-refractivity contribution in [1.82, 2.24) is 9.88 Å². The number of nitrogens with one attached hydrogen (secondary N) is 2. The highest BCUT2D eigenvalue weighted by Crippen LogP contribution is 2.28. The van der Waals surface area contributed by atoms with Crippen molar-refractivity contribution in [1.29, 1.82) is 0 Å². The third kappa shape index (κ3) is 6.18. The first-order valence-electron chi connectivity index (χ1n) is 12.0. The molecule has 3 aromatic carbocycles. The third-order valence-electron chi connectivity index (χ3n) is 6.24. The molecule has 9 heteroatoms. The SMILES string of the molecule is COc1ccc(NC(=O)N(CCc2ccc(OC)c(OC)c2)Cc2cc3cc(OC)ccc3[nH]c2=O)cc1. The van der Waals surface area contributed by atoms with Gasteiger partial charge in [-0.1, -0.05) is 6.07 Å². The summed E-state index contributed by atoms with van der Waals surface area (Å²) in [6.45, 7) is 0.463. The number of methoxy groups -OCH3 is 4. The number of carbonyl (C=O) groups is 1. The molecule has 0 fully saturated rings. The molecule has 2 N–H and O–H groups in total. The second-order valence-corrected chi connectivity index (χ2v) is 8.60. The molecule has 0 aliphatic heterocycles. The van der Waals surface area contributed by atoms with Crippen molar-refractivity contribution in [2.24, 2.45) is 0 Å². The Labute approximate surface area is 220 Å². The molecular weight excluding hydrogens is 486 g/mol. The summed E-state index contributed by atoms with van der Waals surface area (Å²) in [6.07, 6.45) is 0.537. The minimum atomic E-state index is -0.333. The molecule has 4 aromatic rings. The first-order valence-corrected chi connectivity index (χ1v) is 12.0. The molecule has 2 amide bonds. The van der Waals surface area contributed by atoms with Crippen LogP contribution >= 0.6 is 0 Å². The smallest absolute Gasteiger partial charge is 0.322 e. The van der Waals surface area contributed by atoms with Crippen molar-refractivity contribution in [3.63, 3.8) is 0 Å². The number of aromatic amines is 1. The molecule has 0 bridgehead atoms. The number of hydrogen-bond acceptors (Lipinski definition) is 6. The van der Waals surface area contributed by atoms with Gasteiger partial charge < -0.3 is 34.1 Å². The monoisotopic (exact) mass is 517 g/mol. The van der Waals surface area contributed by atoms with Crippen LogP contribution in [0, 0.1) is 0 Å². The first kappa shape index (κ1) is 26.4. The van der Waals surface area contributed by atoms with Gasteiger partial charge in [0.05, 0.1) is 35.0 Å². The number of rotatable bonds is 10. The van der Waals surface area contributed by atoms with Gasteiger partial charge >= 0.3 is 6.03 Å². The number of nitrogens with zero attached hydrogens (tertiary/aromatic N) is 1. The highest BCUT2D eigenvalue weighted by atomic mass is 16.5. The van der Waals surface area contributed by atoms with Gasteiger partial charge in [-0.3, -0.25) is 4.79 Å². The van der Waals surface area contributed by atoms with Crippen LogP contribution in [0.25, 0.3) is 10.9 Å². The summed E-state index contributed by atoms with van der Waals surface area (Å²) in [6, 6.07) is 19.6. The van der Waals surface area contributed by atoms with Crippen molar-refractivity contribution in [3.8, 4) is 23.0 Å². The normalized spacial score (nSPS) is 10.6. The number of pyridine rings is 1. The lowest BCUT2D eigenvalue weighted by molar-refractivity contribution is 0.209. The number of ether oxygens (including phenoxy) is 4. The zero-order valence-electron chi connectivity index (χ0n) is 21.9. The highest BCUT2D eigenvalue weighted by Gasteiger charge is 2.18. The number of carbonyl (C=O) groups excluding carboxylic acids is 1. The Morgan fingerprint density at radius 1 is 0.816 bits per heavy atom. The molecule has 0 saturated heterocycles. The number of amides is 2. The van der Waals surface area contributed by atoms with Crippen LogP contribution < -0.4 is 29.8 Å². The van der Waals surface area contributed by atoms with E-state index in [1.165, 1.54) is 0 Å². The molecule has 0 saturated carbocycles. The molecule has 1 aromatic heterocycles. The minimum Gasteiger partial charge on any atom is -0.497 e. The fourth-order valence-corrected chi connectivity index (χ4v) is 4.11. The van der Waals surface area contributed by atoms with Crippen molar-refractivity contribution in [3.05, 3.63) is 88.2 Å². The maximum absolute atomic E-state index is 13.4. The second-order valence-electron chi connectivity index (χ2n) is 8.60. The van der Waals surface area contributed by atoms with E-state index in [2.05, 4.69) is 10.3 Å². The van der Waals surface area contributed by atoms with Crippen LogP contribution in [0.4, 0.5) is 10.5 Å². The lowest BCUT2D eigenvalue weighted by Gasteiger charge is -2.23. The van der Waals surface area contributed by atoms with Crippen LogP contribution in [0.1, 0.15) is 11.1 Å². The standard InChI is InChI=1S/C29H31N3O6/c1-35-23-8-6-22(7-9-23)30-29(34)32(14-13-19-5-12-26(37-3)27(15-19)38-4)18-21-16-20-17-24(36-2)10-11-25(20)31-28(21)33/h5-12,15-17H,13-14,18H2,1-4H3,(H,30,34)(H,31,33). The fraction of sp³-hybridized carbons (Fsp3) is 0.241. The predicted molar refractivity (Wildman–Crippen MR) is 147 cm³/mol. The molecule has 38 heavy (non-hydrogen) atoms. The van der Waals surface area contributed by atoms with E-state index < -0.39 is 0 Å². The average molecular weight is 518 g/mol. The molecule has 4 rings (SSSR count). The molecule has 1 heterocycles. The molecule has 0 aliphatic carbocycles.